The molecule has 1 aliphatic carbocycles. The molecule has 0 unspecified atom stereocenters. The van der Waals surface area contributed by atoms with Gasteiger partial charge in [0, 0.05) is 30.9 Å². The highest BCUT2D eigenvalue weighted by atomic mass is 16.3. The number of anilines is 1. The fourth-order valence-corrected chi connectivity index (χ4v) is 6.81. The summed E-state index contributed by atoms with van der Waals surface area (Å²) in [5, 5.41) is 13.2. The van der Waals surface area contributed by atoms with Gasteiger partial charge in [-0.2, -0.15) is 0 Å². The van der Waals surface area contributed by atoms with Crippen molar-refractivity contribution in [2.75, 3.05) is 18.0 Å². The average Bonchev–Trinajstić information content (AvgIpc) is 3.34. The molecule has 3 atom stereocenters. The minimum absolute atomic E-state index is 0.165. The molecule has 0 aromatic heterocycles. The number of benzene rings is 3. The maximum atomic E-state index is 13.8. The summed E-state index contributed by atoms with van der Waals surface area (Å²) in [7, 11) is 0. The summed E-state index contributed by atoms with van der Waals surface area (Å²) in [6.45, 7) is 6.01. The first-order chi connectivity index (χ1) is 16.5. The van der Waals surface area contributed by atoms with Crippen molar-refractivity contribution in [2.45, 2.75) is 69.6 Å². The Morgan fingerprint density at radius 3 is 2.53 bits per heavy atom. The number of fused-ring (bicyclic) bond motifs is 1. The molecule has 1 N–H and O–H groups in total. The van der Waals surface area contributed by atoms with Gasteiger partial charge in [-0.25, -0.2) is 0 Å². The predicted octanol–water partition coefficient (Wildman–Crippen LogP) is 5.37. The van der Waals surface area contributed by atoms with Gasteiger partial charge in [0.1, 0.15) is 0 Å². The molecule has 0 spiro atoms. The first-order valence-corrected chi connectivity index (χ1v) is 12.9. The molecular formula is C30H34N2O2. The molecule has 2 heterocycles. The van der Waals surface area contributed by atoms with Crippen LogP contribution in [0.25, 0.3) is 10.8 Å². The standard InChI is InChI=1S/C30H34N2O2/c1-3-23(33)19-30(2)25-12-4-5-13-26(25)32(29(30)34)22-14-16-31(17-15-22)27-18-21-10-6-8-20-9-7-11-24(27)28(20)21/h4-13,22-23,27,33H,3,14-19H2,1-2H3/t23-,27-,30+/m1/s1. The second-order valence-electron chi connectivity index (χ2n) is 10.6. The molecule has 1 amide bonds. The number of nitrogens with zero attached hydrogens (tertiary/aromatic N) is 2. The van der Waals surface area contributed by atoms with E-state index in [1.807, 2.05) is 26.0 Å². The van der Waals surface area contributed by atoms with Gasteiger partial charge in [-0.1, -0.05) is 61.5 Å². The van der Waals surface area contributed by atoms with Crippen LogP contribution in [0.1, 0.15) is 62.3 Å². The second kappa shape index (κ2) is 8.21. The van der Waals surface area contributed by atoms with Gasteiger partial charge in [-0.05, 0) is 72.6 Å². The van der Waals surface area contributed by atoms with Crippen molar-refractivity contribution in [3.63, 3.8) is 0 Å². The van der Waals surface area contributed by atoms with Gasteiger partial charge in [0.15, 0.2) is 0 Å². The van der Waals surface area contributed by atoms with E-state index in [1.54, 1.807) is 0 Å². The normalized spacial score (nSPS) is 25.8. The van der Waals surface area contributed by atoms with Crippen LogP contribution in [-0.2, 0) is 16.6 Å². The zero-order chi connectivity index (χ0) is 23.4. The Balaban J connectivity index is 1.23. The molecule has 3 aromatic carbocycles. The van der Waals surface area contributed by atoms with E-state index in [9.17, 15) is 9.90 Å². The van der Waals surface area contributed by atoms with Crippen LogP contribution in [0.5, 0.6) is 0 Å². The minimum Gasteiger partial charge on any atom is -0.393 e. The number of carbonyl (C=O) groups is 1. The van der Waals surface area contributed by atoms with Crippen molar-refractivity contribution in [3.8, 4) is 0 Å². The van der Waals surface area contributed by atoms with Crippen molar-refractivity contribution >= 4 is 22.4 Å². The van der Waals surface area contributed by atoms with E-state index in [4.69, 9.17) is 0 Å². The molecule has 3 aromatic rings. The van der Waals surface area contributed by atoms with Gasteiger partial charge in [0.2, 0.25) is 5.91 Å². The van der Waals surface area contributed by atoms with Crippen LogP contribution in [-0.4, -0.2) is 41.1 Å². The fraction of sp³-hybridized carbons (Fsp3) is 0.433. The smallest absolute Gasteiger partial charge is 0.237 e. The average molecular weight is 455 g/mol. The van der Waals surface area contributed by atoms with Crippen molar-refractivity contribution in [3.05, 3.63) is 77.4 Å². The Kier molecular flexibility index (Phi) is 5.27. The molecule has 3 aliphatic rings. The number of amides is 1. The van der Waals surface area contributed by atoms with Crippen molar-refractivity contribution < 1.29 is 9.90 Å². The predicted molar refractivity (Wildman–Crippen MR) is 137 cm³/mol. The zero-order valence-electron chi connectivity index (χ0n) is 20.2. The summed E-state index contributed by atoms with van der Waals surface area (Å²) in [4.78, 5) is 18.6. The summed E-state index contributed by atoms with van der Waals surface area (Å²) in [6.07, 6.45) is 3.74. The van der Waals surface area contributed by atoms with Gasteiger partial charge in [0.05, 0.1) is 11.5 Å². The Morgan fingerprint density at radius 1 is 1.03 bits per heavy atom. The Labute approximate surface area is 202 Å². The Morgan fingerprint density at radius 2 is 1.76 bits per heavy atom. The zero-order valence-corrected chi connectivity index (χ0v) is 20.2. The molecular weight excluding hydrogens is 420 g/mol. The van der Waals surface area contributed by atoms with E-state index in [2.05, 4.69) is 58.3 Å². The highest BCUT2D eigenvalue weighted by Crippen LogP contribution is 2.47. The number of rotatable bonds is 5. The number of carbonyl (C=O) groups excluding carboxylic acids is 1. The second-order valence-corrected chi connectivity index (χ2v) is 10.6. The van der Waals surface area contributed by atoms with E-state index < -0.39 is 11.5 Å². The Bertz CT molecular complexity index is 1240. The van der Waals surface area contributed by atoms with E-state index in [0.29, 0.717) is 18.9 Å². The number of piperidine rings is 1. The van der Waals surface area contributed by atoms with E-state index in [1.165, 1.54) is 21.9 Å². The molecule has 176 valence electrons. The molecule has 0 saturated carbocycles. The van der Waals surface area contributed by atoms with Crippen molar-refractivity contribution in [1.82, 2.24) is 4.90 Å². The number of aliphatic hydroxyl groups is 1. The Hall–Kier alpha value is -2.69. The minimum atomic E-state index is -0.647. The highest BCUT2D eigenvalue weighted by molar-refractivity contribution is 6.08. The third-order valence-corrected chi connectivity index (χ3v) is 8.66. The maximum Gasteiger partial charge on any atom is 0.237 e. The molecule has 0 bridgehead atoms. The highest BCUT2D eigenvalue weighted by Gasteiger charge is 2.50. The molecule has 34 heavy (non-hydrogen) atoms. The van der Waals surface area contributed by atoms with Crippen LogP contribution in [0.3, 0.4) is 0 Å². The SMILES string of the molecule is CC[C@@H](O)C[C@]1(C)C(=O)N(C2CCN([C@@H]3Cc4cccc5cccc3c45)CC2)c2ccccc21. The third kappa shape index (κ3) is 3.23. The van der Waals surface area contributed by atoms with Gasteiger partial charge >= 0.3 is 0 Å². The lowest BCUT2D eigenvalue weighted by Crippen LogP contribution is -2.50. The number of hydrogen-bond donors (Lipinski definition) is 1. The summed E-state index contributed by atoms with van der Waals surface area (Å²) < 4.78 is 0. The number of hydrogen-bond acceptors (Lipinski definition) is 3. The van der Waals surface area contributed by atoms with Crippen molar-refractivity contribution in [1.29, 1.82) is 0 Å². The lowest BCUT2D eigenvalue weighted by molar-refractivity contribution is -0.124. The van der Waals surface area contributed by atoms with Gasteiger partial charge < -0.3 is 10.0 Å². The summed E-state index contributed by atoms with van der Waals surface area (Å²) in [5.74, 6) is 0.165. The summed E-state index contributed by atoms with van der Waals surface area (Å²) in [5.41, 5.74) is 4.42. The summed E-state index contributed by atoms with van der Waals surface area (Å²) >= 11 is 0. The van der Waals surface area contributed by atoms with Crippen LogP contribution in [0.2, 0.25) is 0 Å². The van der Waals surface area contributed by atoms with Gasteiger partial charge in [-0.3, -0.25) is 9.69 Å². The van der Waals surface area contributed by atoms with Crippen LogP contribution >= 0.6 is 0 Å². The quantitative estimate of drug-likeness (QED) is 0.564. The van der Waals surface area contributed by atoms with Crippen LogP contribution in [0.4, 0.5) is 5.69 Å². The molecule has 4 nitrogen and oxygen atoms in total. The van der Waals surface area contributed by atoms with E-state index in [0.717, 1.165) is 43.6 Å². The van der Waals surface area contributed by atoms with E-state index >= 15 is 0 Å². The maximum absolute atomic E-state index is 13.8. The molecule has 4 heteroatoms. The van der Waals surface area contributed by atoms with Gasteiger partial charge in [0.25, 0.3) is 0 Å². The first-order valence-electron chi connectivity index (χ1n) is 12.9. The lowest BCUT2D eigenvalue weighted by Gasteiger charge is -2.40. The fourth-order valence-electron chi connectivity index (χ4n) is 6.81. The summed E-state index contributed by atoms with van der Waals surface area (Å²) in [6, 6.07) is 22.3. The number of para-hydroxylation sites is 1. The number of likely N-dealkylation sites (tertiary alicyclic amines) is 1. The molecule has 0 radical (unpaired) electrons. The van der Waals surface area contributed by atoms with Gasteiger partial charge in [-0.15, -0.1) is 0 Å². The van der Waals surface area contributed by atoms with Crippen LogP contribution in [0.15, 0.2) is 60.7 Å². The molecule has 1 saturated heterocycles. The van der Waals surface area contributed by atoms with Crippen molar-refractivity contribution in [2.24, 2.45) is 0 Å². The largest absolute Gasteiger partial charge is 0.393 e. The lowest BCUT2D eigenvalue weighted by atomic mass is 9.78. The van der Waals surface area contributed by atoms with Crippen LogP contribution < -0.4 is 4.90 Å². The van der Waals surface area contributed by atoms with Crippen LogP contribution in [0, 0.1) is 0 Å². The topological polar surface area (TPSA) is 43.8 Å². The molecule has 2 aliphatic heterocycles. The monoisotopic (exact) mass is 454 g/mol. The molecule has 6 rings (SSSR count). The number of aliphatic hydroxyl groups excluding tert-OH is 1. The first kappa shape index (κ1) is 21.8. The third-order valence-electron chi connectivity index (χ3n) is 8.66. The molecule has 1 fully saturated rings. The van der Waals surface area contributed by atoms with E-state index in [-0.39, 0.29) is 11.9 Å².